The molecule has 2 unspecified atom stereocenters. The first-order valence-corrected chi connectivity index (χ1v) is 6.69. The van der Waals surface area contributed by atoms with E-state index in [2.05, 4.69) is 0 Å². The fraction of sp³-hybridized carbons (Fsp3) is 0.400. The Kier molecular flexibility index (Phi) is 2.22. The number of carbonyl (C=O) groups is 1. The molecular formula is C15H14FNO3. The third-order valence-corrected chi connectivity index (χ3v) is 4.26. The average molecular weight is 275 g/mol. The standard InChI is InChI=1S/C15H14FNO3/c1-17-12-4-3-10(16)9-11(12)15(13(17)18)7-6-14(20-15)5-2-8-19-14/h3-4,6-7,9H,2,5,8H2,1H3. The van der Waals surface area contributed by atoms with Crippen LogP contribution in [0.1, 0.15) is 18.4 Å². The summed E-state index contributed by atoms with van der Waals surface area (Å²) in [4.78, 5) is 14.1. The van der Waals surface area contributed by atoms with E-state index in [4.69, 9.17) is 9.47 Å². The molecule has 2 spiro atoms. The highest BCUT2D eigenvalue weighted by Crippen LogP contribution is 2.51. The van der Waals surface area contributed by atoms with Crippen molar-refractivity contribution >= 4 is 11.6 Å². The first-order valence-electron chi connectivity index (χ1n) is 6.69. The number of anilines is 1. The highest BCUT2D eigenvalue weighted by Gasteiger charge is 2.58. The van der Waals surface area contributed by atoms with Crippen molar-refractivity contribution in [1.82, 2.24) is 0 Å². The van der Waals surface area contributed by atoms with Crippen molar-refractivity contribution in [3.63, 3.8) is 0 Å². The van der Waals surface area contributed by atoms with E-state index in [0.29, 0.717) is 24.3 Å². The quantitative estimate of drug-likeness (QED) is 0.681. The van der Waals surface area contributed by atoms with Crippen molar-refractivity contribution in [2.75, 3.05) is 18.6 Å². The van der Waals surface area contributed by atoms with E-state index in [-0.39, 0.29) is 11.7 Å². The molecule has 1 aromatic carbocycles. The van der Waals surface area contributed by atoms with Crippen LogP contribution >= 0.6 is 0 Å². The lowest BCUT2D eigenvalue weighted by molar-refractivity contribution is -0.213. The van der Waals surface area contributed by atoms with Crippen LogP contribution in [-0.2, 0) is 19.9 Å². The van der Waals surface area contributed by atoms with Crippen molar-refractivity contribution in [2.24, 2.45) is 0 Å². The summed E-state index contributed by atoms with van der Waals surface area (Å²) in [6.07, 6.45) is 5.11. The summed E-state index contributed by atoms with van der Waals surface area (Å²) in [6.45, 7) is 0.612. The maximum absolute atomic E-state index is 13.6. The van der Waals surface area contributed by atoms with Crippen LogP contribution in [0, 0.1) is 5.82 Å². The van der Waals surface area contributed by atoms with Gasteiger partial charge in [0.1, 0.15) is 5.82 Å². The van der Waals surface area contributed by atoms with Crippen LogP contribution in [0.5, 0.6) is 0 Å². The van der Waals surface area contributed by atoms with Gasteiger partial charge in [0.2, 0.25) is 0 Å². The van der Waals surface area contributed by atoms with Crippen LogP contribution in [0.25, 0.3) is 0 Å². The summed E-state index contributed by atoms with van der Waals surface area (Å²) in [5, 5.41) is 0. The minimum Gasteiger partial charge on any atom is -0.346 e. The summed E-state index contributed by atoms with van der Waals surface area (Å²) in [5.41, 5.74) is -0.0130. The van der Waals surface area contributed by atoms with Crippen LogP contribution in [-0.4, -0.2) is 25.3 Å². The van der Waals surface area contributed by atoms with E-state index < -0.39 is 11.4 Å². The maximum Gasteiger partial charge on any atom is 0.267 e. The molecule has 0 radical (unpaired) electrons. The van der Waals surface area contributed by atoms with Crippen LogP contribution in [0.15, 0.2) is 30.4 Å². The summed E-state index contributed by atoms with van der Waals surface area (Å²) in [7, 11) is 1.67. The third kappa shape index (κ3) is 1.34. The zero-order chi connectivity index (χ0) is 14.0. The molecule has 1 fully saturated rings. The lowest BCUT2D eigenvalue weighted by Crippen LogP contribution is -2.42. The zero-order valence-electron chi connectivity index (χ0n) is 11.1. The Hall–Kier alpha value is -1.72. The molecule has 0 aromatic heterocycles. The number of halogens is 1. The lowest BCUT2D eigenvalue weighted by Gasteiger charge is -2.28. The van der Waals surface area contributed by atoms with Crippen molar-refractivity contribution < 1.29 is 18.7 Å². The van der Waals surface area contributed by atoms with Crippen LogP contribution in [0.4, 0.5) is 10.1 Å². The number of ether oxygens (including phenoxy) is 2. The first-order chi connectivity index (χ1) is 9.56. The largest absolute Gasteiger partial charge is 0.346 e. The Morgan fingerprint density at radius 3 is 2.95 bits per heavy atom. The molecule has 4 nitrogen and oxygen atoms in total. The van der Waals surface area contributed by atoms with Crippen molar-refractivity contribution in [3.8, 4) is 0 Å². The topological polar surface area (TPSA) is 38.8 Å². The van der Waals surface area contributed by atoms with Gasteiger partial charge in [-0.05, 0) is 36.8 Å². The van der Waals surface area contributed by atoms with Gasteiger partial charge in [-0.3, -0.25) is 4.79 Å². The molecule has 104 valence electrons. The number of amides is 1. The predicted octanol–water partition coefficient (Wildman–Crippen LogP) is 2.09. The molecule has 0 aliphatic carbocycles. The molecule has 20 heavy (non-hydrogen) atoms. The molecule has 0 bridgehead atoms. The molecule has 5 heteroatoms. The fourth-order valence-corrected chi connectivity index (χ4v) is 3.26. The van der Waals surface area contributed by atoms with Crippen molar-refractivity contribution in [2.45, 2.75) is 24.2 Å². The number of nitrogens with zero attached hydrogens (tertiary/aromatic N) is 1. The number of benzene rings is 1. The molecule has 1 saturated heterocycles. The molecule has 4 rings (SSSR count). The Labute approximate surface area is 115 Å². The van der Waals surface area contributed by atoms with E-state index >= 15 is 0 Å². The Bertz CT molecular complexity index is 636. The number of rotatable bonds is 0. The van der Waals surface area contributed by atoms with Gasteiger partial charge in [0.25, 0.3) is 5.91 Å². The average Bonchev–Trinajstić information content (AvgIpc) is 3.10. The number of hydrogen-bond donors (Lipinski definition) is 0. The van der Waals surface area contributed by atoms with Gasteiger partial charge in [0, 0.05) is 19.0 Å². The normalized spacial score (nSPS) is 34.7. The Morgan fingerprint density at radius 1 is 1.35 bits per heavy atom. The Morgan fingerprint density at radius 2 is 2.20 bits per heavy atom. The van der Waals surface area contributed by atoms with E-state index in [0.717, 1.165) is 6.42 Å². The molecule has 3 aliphatic heterocycles. The minimum absolute atomic E-state index is 0.207. The zero-order valence-corrected chi connectivity index (χ0v) is 11.1. The first kappa shape index (κ1) is 12.1. The van der Waals surface area contributed by atoms with E-state index in [1.54, 1.807) is 25.3 Å². The lowest BCUT2D eigenvalue weighted by atomic mass is 9.96. The minimum atomic E-state index is -1.24. The molecular weight excluding hydrogens is 261 g/mol. The van der Waals surface area contributed by atoms with E-state index in [1.165, 1.54) is 17.0 Å². The second-order valence-corrected chi connectivity index (χ2v) is 5.46. The number of likely N-dealkylation sites (N-methyl/N-ethyl adjacent to an activating group) is 1. The van der Waals surface area contributed by atoms with Gasteiger partial charge >= 0.3 is 0 Å². The number of hydrogen-bond acceptors (Lipinski definition) is 3. The van der Waals surface area contributed by atoms with E-state index in [9.17, 15) is 9.18 Å². The van der Waals surface area contributed by atoms with Crippen molar-refractivity contribution in [3.05, 3.63) is 41.7 Å². The van der Waals surface area contributed by atoms with Gasteiger partial charge in [-0.1, -0.05) is 0 Å². The van der Waals surface area contributed by atoms with Gasteiger partial charge in [-0.2, -0.15) is 0 Å². The van der Waals surface area contributed by atoms with Crippen LogP contribution in [0.2, 0.25) is 0 Å². The Balaban J connectivity index is 1.86. The maximum atomic E-state index is 13.6. The van der Waals surface area contributed by atoms with Gasteiger partial charge < -0.3 is 14.4 Å². The second-order valence-electron chi connectivity index (χ2n) is 5.46. The molecule has 0 saturated carbocycles. The highest BCUT2D eigenvalue weighted by molar-refractivity contribution is 6.08. The summed E-state index contributed by atoms with van der Waals surface area (Å²) in [6, 6.07) is 4.33. The second kappa shape index (κ2) is 3.68. The summed E-state index contributed by atoms with van der Waals surface area (Å²) < 4.78 is 25.3. The SMILES string of the molecule is CN1C(=O)C2(C=CC3(CCCO3)O2)c2cc(F)ccc21. The van der Waals surface area contributed by atoms with Gasteiger partial charge in [-0.25, -0.2) is 4.39 Å². The molecule has 1 aromatic rings. The molecule has 2 atom stereocenters. The van der Waals surface area contributed by atoms with Gasteiger partial charge in [0.15, 0.2) is 11.4 Å². The monoisotopic (exact) mass is 275 g/mol. The molecule has 1 amide bonds. The number of fused-ring (bicyclic) bond motifs is 2. The van der Waals surface area contributed by atoms with Gasteiger partial charge in [0.05, 0.1) is 12.3 Å². The molecule has 3 heterocycles. The number of carbonyl (C=O) groups excluding carboxylic acids is 1. The molecule has 0 N–H and O–H groups in total. The molecule has 3 aliphatic rings. The van der Waals surface area contributed by atoms with Crippen molar-refractivity contribution in [1.29, 1.82) is 0 Å². The van der Waals surface area contributed by atoms with Gasteiger partial charge in [-0.15, -0.1) is 0 Å². The van der Waals surface area contributed by atoms with Crippen LogP contribution in [0.3, 0.4) is 0 Å². The smallest absolute Gasteiger partial charge is 0.267 e. The predicted molar refractivity (Wildman–Crippen MR) is 69.6 cm³/mol. The van der Waals surface area contributed by atoms with E-state index in [1.807, 2.05) is 0 Å². The summed E-state index contributed by atoms with van der Waals surface area (Å²) >= 11 is 0. The fourth-order valence-electron chi connectivity index (χ4n) is 3.26. The third-order valence-electron chi connectivity index (χ3n) is 4.26. The summed E-state index contributed by atoms with van der Waals surface area (Å²) in [5.74, 6) is -1.41. The highest BCUT2D eigenvalue weighted by atomic mass is 19.1. The van der Waals surface area contributed by atoms with Crippen LogP contribution < -0.4 is 4.90 Å².